The van der Waals surface area contributed by atoms with Gasteiger partial charge in [0.2, 0.25) is 0 Å². The lowest BCUT2D eigenvalue weighted by Gasteiger charge is -2.22. The standard InChI is InChI=1S/C16H22N4OS/c1-2-3-10-8-11(9-4-6-19-7-5-9)20-16-12(10)13(17)14(22-16)15(18)21/h8-9,19H,2-7,17H2,1H3,(H2,18,21). The zero-order valence-corrected chi connectivity index (χ0v) is 13.6. The Balaban J connectivity index is 2.14. The number of anilines is 1. The Bertz CT molecular complexity index is 704. The molecule has 0 aromatic carbocycles. The van der Waals surface area contributed by atoms with Crippen molar-refractivity contribution < 1.29 is 4.79 Å². The normalized spacial score (nSPS) is 16.2. The molecule has 1 fully saturated rings. The maximum atomic E-state index is 11.6. The summed E-state index contributed by atoms with van der Waals surface area (Å²) in [6, 6.07) is 2.19. The molecular formula is C16H22N4OS. The van der Waals surface area contributed by atoms with Crippen molar-refractivity contribution >= 4 is 33.1 Å². The molecule has 3 heterocycles. The average molecular weight is 318 g/mol. The second-order valence-corrected chi connectivity index (χ2v) is 6.87. The van der Waals surface area contributed by atoms with Gasteiger partial charge in [0.15, 0.2) is 0 Å². The Morgan fingerprint density at radius 2 is 2.18 bits per heavy atom. The molecule has 0 atom stereocenters. The van der Waals surface area contributed by atoms with Crippen LogP contribution in [-0.4, -0.2) is 24.0 Å². The Kier molecular flexibility index (Phi) is 4.31. The first-order chi connectivity index (χ1) is 10.6. The van der Waals surface area contributed by atoms with Gasteiger partial charge in [-0.25, -0.2) is 4.98 Å². The number of fused-ring (bicyclic) bond motifs is 1. The van der Waals surface area contributed by atoms with Crippen LogP contribution in [0.25, 0.3) is 10.2 Å². The van der Waals surface area contributed by atoms with Gasteiger partial charge in [-0.1, -0.05) is 13.3 Å². The van der Waals surface area contributed by atoms with Crippen molar-refractivity contribution in [1.29, 1.82) is 0 Å². The van der Waals surface area contributed by atoms with Gasteiger partial charge < -0.3 is 16.8 Å². The molecule has 1 aliphatic rings. The summed E-state index contributed by atoms with van der Waals surface area (Å²) >= 11 is 1.32. The number of amides is 1. The monoisotopic (exact) mass is 318 g/mol. The molecule has 0 saturated carbocycles. The summed E-state index contributed by atoms with van der Waals surface area (Å²) in [5.41, 5.74) is 14.4. The van der Waals surface area contributed by atoms with Crippen LogP contribution in [0.15, 0.2) is 6.07 Å². The second-order valence-electron chi connectivity index (χ2n) is 5.87. The summed E-state index contributed by atoms with van der Waals surface area (Å²) in [4.78, 5) is 17.7. The van der Waals surface area contributed by atoms with Crippen LogP contribution in [0, 0.1) is 0 Å². The highest BCUT2D eigenvalue weighted by Crippen LogP contribution is 2.37. The molecule has 0 aliphatic carbocycles. The molecule has 0 bridgehead atoms. The molecule has 22 heavy (non-hydrogen) atoms. The Morgan fingerprint density at radius 3 is 2.82 bits per heavy atom. The number of rotatable bonds is 4. The van der Waals surface area contributed by atoms with Crippen LogP contribution in [0.5, 0.6) is 0 Å². The largest absolute Gasteiger partial charge is 0.397 e. The molecule has 1 aliphatic heterocycles. The molecule has 6 heteroatoms. The van der Waals surface area contributed by atoms with E-state index in [0.29, 0.717) is 16.5 Å². The number of nitrogens with two attached hydrogens (primary N) is 2. The Morgan fingerprint density at radius 1 is 1.45 bits per heavy atom. The van der Waals surface area contributed by atoms with E-state index in [-0.39, 0.29) is 0 Å². The SMILES string of the molecule is CCCc1cc(C2CCNCC2)nc2sc(C(N)=O)c(N)c12. The number of primary amides is 1. The van der Waals surface area contributed by atoms with E-state index in [4.69, 9.17) is 16.5 Å². The van der Waals surface area contributed by atoms with Crippen molar-refractivity contribution in [2.45, 2.75) is 38.5 Å². The number of nitrogens with zero attached hydrogens (tertiary/aromatic N) is 1. The van der Waals surface area contributed by atoms with Gasteiger partial charge in [-0.05, 0) is 44.0 Å². The summed E-state index contributed by atoms with van der Waals surface area (Å²) in [6.45, 7) is 4.22. The molecule has 5 nitrogen and oxygen atoms in total. The third-order valence-corrected chi connectivity index (χ3v) is 5.41. The number of carbonyl (C=O) groups is 1. The molecule has 118 valence electrons. The average Bonchev–Trinajstić information content (AvgIpc) is 2.86. The molecule has 0 radical (unpaired) electrons. The van der Waals surface area contributed by atoms with E-state index in [9.17, 15) is 4.79 Å². The fourth-order valence-electron chi connectivity index (χ4n) is 3.20. The fourth-order valence-corrected chi connectivity index (χ4v) is 4.20. The molecule has 1 amide bonds. The van der Waals surface area contributed by atoms with Gasteiger partial charge >= 0.3 is 0 Å². The molecule has 0 unspecified atom stereocenters. The van der Waals surface area contributed by atoms with Crippen molar-refractivity contribution in [2.24, 2.45) is 5.73 Å². The lowest BCUT2D eigenvalue weighted by atomic mass is 9.92. The molecule has 5 N–H and O–H groups in total. The van der Waals surface area contributed by atoms with E-state index in [1.165, 1.54) is 16.9 Å². The van der Waals surface area contributed by atoms with Crippen molar-refractivity contribution in [2.75, 3.05) is 18.8 Å². The number of hydrogen-bond donors (Lipinski definition) is 3. The number of nitrogens with one attached hydrogen (secondary N) is 1. The number of carbonyl (C=O) groups excluding carboxylic acids is 1. The second kappa shape index (κ2) is 6.22. The first-order valence-electron chi connectivity index (χ1n) is 7.84. The number of aromatic nitrogens is 1. The third kappa shape index (κ3) is 2.68. The first-order valence-corrected chi connectivity index (χ1v) is 8.65. The van der Waals surface area contributed by atoms with E-state index >= 15 is 0 Å². The quantitative estimate of drug-likeness (QED) is 0.807. The number of nitrogen functional groups attached to an aromatic ring is 1. The topological polar surface area (TPSA) is 94.0 Å². The van der Waals surface area contributed by atoms with Crippen LogP contribution >= 0.6 is 11.3 Å². The summed E-state index contributed by atoms with van der Waals surface area (Å²) < 4.78 is 0. The van der Waals surface area contributed by atoms with Gasteiger partial charge in [-0.15, -0.1) is 11.3 Å². The van der Waals surface area contributed by atoms with Crippen molar-refractivity contribution in [3.63, 3.8) is 0 Å². The minimum atomic E-state index is -0.466. The van der Waals surface area contributed by atoms with Crippen LogP contribution in [0.3, 0.4) is 0 Å². The van der Waals surface area contributed by atoms with Crippen LogP contribution in [0.4, 0.5) is 5.69 Å². The number of hydrogen-bond acceptors (Lipinski definition) is 5. The minimum Gasteiger partial charge on any atom is -0.397 e. The molecule has 2 aromatic rings. The van der Waals surface area contributed by atoms with Crippen LogP contribution < -0.4 is 16.8 Å². The van der Waals surface area contributed by atoms with Gasteiger partial charge in [-0.3, -0.25) is 4.79 Å². The Labute approximate surface area is 134 Å². The van der Waals surface area contributed by atoms with E-state index in [1.807, 2.05) is 0 Å². The van der Waals surface area contributed by atoms with Gasteiger partial charge in [0.05, 0.1) is 5.69 Å². The maximum absolute atomic E-state index is 11.6. The van der Waals surface area contributed by atoms with Crippen LogP contribution in [0.2, 0.25) is 0 Å². The summed E-state index contributed by atoms with van der Waals surface area (Å²) in [5.74, 6) is 0.0213. The van der Waals surface area contributed by atoms with Gasteiger partial charge in [0.1, 0.15) is 9.71 Å². The van der Waals surface area contributed by atoms with Crippen molar-refractivity contribution in [3.05, 3.63) is 22.2 Å². The molecule has 0 spiro atoms. The lowest BCUT2D eigenvalue weighted by molar-refractivity contribution is 0.100. The highest BCUT2D eigenvalue weighted by atomic mass is 32.1. The van der Waals surface area contributed by atoms with Crippen molar-refractivity contribution in [3.8, 4) is 0 Å². The lowest BCUT2D eigenvalue weighted by Crippen LogP contribution is -2.27. The number of aryl methyl sites for hydroxylation is 1. The van der Waals surface area contributed by atoms with Gasteiger partial charge in [0, 0.05) is 17.0 Å². The first kappa shape index (κ1) is 15.2. The van der Waals surface area contributed by atoms with E-state index in [0.717, 1.165) is 54.7 Å². The summed E-state index contributed by atoms with van der Waals surface area (Å²) in [6.07, 6.45) is 4.18. The minimum absolute atomic E-state index is 0.433. The van der Waals surface area contributed by atoms with E-state index < -0.39 is 5.91 Å². The zero-order valence-electron chi connectivity index (χ0n) is 12.8. The zero-order chi connectivity index (χ0) is 15.7. The molecule has 1 saturated heterocycles. The number of thiophene rings is 1. The van der Waals surface area contributed by atoms with E-state index in [2.05, 4.69) is 18.3 Å². The van der Waals surface area contributed by atoms with Crippen LogP contribution in [-0.2, 0) is 6.42 Å². The van der Waals surface area contributed by atoms with Gasteiger partial charge in [0.25, 0.3) is 5.91 Å². The highest BCUT2D eigenvalue weighted by molar-refractivity contribution is 7.21. The third-order valence-electron chi connectivity index (χ3n) is 4.30. The number of pyridine rings is 1. The molecule has 3 rings (SSSR count). The van der Waals surface area contributed by atoms with Gasteiger partial charge in [-0.2, -0.15) is 0 Å². The maximum Gasteiger partial charge on any atom is 0.260 e. The highest BCUT2D eigenvalue weighted by Gasteiger charge is 2.22. The molecule has 2 aromatic heterocycles. The summed E-state index contributed by atoms with van der Waals surface area (Å²) in [7, 11) is 0. The fraction of sp³-hybridized carbons (Fsp3) is 0.500. The van der Waals surface area contributed by atoms with Crippen LogP contribution in [0.1, 0.15) is 53.0 Å². The number of piperidine rings is 1. The predicted octanol–water partition coefficient (Wildman–Crippen LogP) is 2.40. The summed E-state index contributed by atoms with van der Waals surface area (Å²) in [5, 5.41) is 4.31. The predicted molar refractivity (Wildman–Crippen MR) is 91.4 cm³/mol. The molecular weight excluding hydrogens is 296 g/mol. The van der Waals surface area contributed by atoms with E-state index in [1.54, 1.807) is 0 Å². The van der Waals surface area contributed by atoms with Crippen molar-refractivity contribution in [1.82, 2.24) is 10.3 Å². The Hall–Kier alpha value is -1.66. The smallest absolute Gasteiger partial charge is 0.260 e.